The first-order valence-corrected chi connectivity index (χ1v) is 6.60. The zero-order valence-electron chi connectivity index (χ0n) is 11.5. The van der Waals surface area contributed by atoms with Crippen LogP contribution in [0.2, 0.25) is 0 Å². The Labute approximate surface area is 117 Å². The highest BCUT2D eigenvalue weighted by molar-refractivity contribution is 5.84. The van der Waals surface area contributed by atoms with Crippen molar-refractivity contribution in [3.05, 3.63) is 0 Å². The Morgan fingerprint density at radius 3 is 2.35 bits per heavy atom. The maximum atomic E-state index is 11.5. The lowest BCUT2D eigenvalue weighted by atomic mass is 9.80. The highest BCUT2D eigenvalue weighted by Crippen LogP contribution is 2.29. The number of amides is 3. The van der Waals surface area contributed by atoms with Crippen molar-refractivity contribution in [2.75, 3.05) is 32.8 Å². The molecule has 3 amide bonds. The third kappa shape index (κ3) is 4.69. The number of urea groups is 1. The smallest absolute Gasteiger partial charge is 0.315 e. The number of likely N-dealkylation sites (N-methyl/N-ethyl adjacent to an activating group) is 1. The van der Waals surface area contributed by atoms with Crippen molar-refractivity contribution >= 4 is 17.9 Å². The van der Waals surface area contributed by atoms with Gasteiger partial charge in [-0.3, -0.25) is 9.59 Å². The summed E-state index contributed by atoms with van der Waals surface area (Å²) in [6, 6.07) is -0.552. The van der Waals surface area contributed by atoms with Crippen LogP contribution in [0.25, 0.3) is 0 Å². The van der Waals surface area contributed by atoms with Crippen molar-refractivity contribution in [1.29, 1.82) is 0 Å². The van der Waals surface area contributed by atoms with E-state index >= 15 is 0 Å². The molecule has 0 unspecified atom stereocenters. The fourth-order valence-corrected chi connectivity index (χ4v) is 1.96. The van der Waals surface area contributed by atoms with E-state index in [0.29, 0.717) is 32.6 Å². The van der Waals surface area contributed by atoms with Crippen LogP contribution in [0.3, 0.4) is 0 Å². The van der Waals surface area contributed by atoms with Crippen molar-refractivity contribution in [2.24, 2.45) is 5.41 Å². The molecule has 0 atom stereocenters. The molecule has 1 saturated heterocycles. The molecule has 0 aliphatic carbocycles. The van der Waals surface area contributed by atoms with E-state index in [0.717, 1.165) is 0 Å². The molecule has 0 bridgehead atoms. The number of ether oxygens (including phenoxy) is 1. The minimum atomic E-state index is -0.985. The largest absolute Gasteiger partial charge is 0.481 e. The molecule has 4 N–H and O–H groups in total. The molecular weight excluding hydrogens is 266 g/mol. The van der Waals surface area contributed by atoms with Crippen LogP contribution in [0.4, 0.5) is 4.79 Å². The minimum absolute atomic E-state index is 0.0208. The average Bonchev–Trinajstić information content (AvgIpc) is 2.44. The highest BCUT2D eigenvalue weighted by atomic mass is 16.5. The van der Waals surface area contributed by atoms with Crippen LogP contribution in [0.1, 0.15) is 19.8 Å². The van der Waals surface area contributed by atoms with Gasteiger partial charge in [-0.15, -0.1) is 0 Å². The Hall–Kier alpha value is -1.83. The van der Waals surface area contributed by atoms with E-state index in [9.17, 15) is 19.5 Å². The van der Waals surface area contributed by atoms with E-state index in [1.807, 2.05) is 0 Å². The standard InChI is InChI=1S/C12H21N3O5/c1-2-13-9(16)7-14-11(19)15-8-12(10(17)18)3-5-20-6-4-12/h2-8H2,1H3,(H,13,16)(H,17,18)(H2,14,15,19). The lowest BCUT2D eigenvalue weighted by Crippen LogP contribution is -2.50. The summed E-state index contributed by atoms with van der Waals surface area (Å²) in [7, 11) is 0. The van der Waals surface area contributed by atoms with Crippen LogP contribution in [0, 0.1) is 5.41 Å². The molecule has 0 saturated carbocycles. The van der Waals surface area contributed by atoms with Gasteiger partial charge in [0.2, 0.25) is 5.91 Å². The molecule has 1 aliphatic heterocycles. The summed E-state index contributed by atoms with van der Waals surface area (Å²) in [4.78, 5) is 34.0. The number of carbonyl (C=O) groups excluding carboxylic acids is 2. The van der Waals surface area contributed by atoms with Crippen LogP contribution in [0.15, 0.2) is 0 Å². The van der Waals surface area contributed by atoms with E-state index < -0.39 is 17.4 Å². The molecule has 0 aromatic heterocycles. The second-order valence-electron chi connectivity index (χ2n) is 4.69. The number of carbonyl (C=O) groups is 3. The maximum Gasteiger partial charge on any atom is 0.315 e. The van der Waals surface area contributed by atoms with Gasteiger partial charge in [0.1, 0.15) is 0 Å². The molecule has 8 heteroatoms. The molecule has 114 valence electrons. The first-order valence-electron chi connectivity index (χ1n) is 6.60. The number of rotatable bonds is 6. The number of aliphatic carboxylic acids is 1. The first-order chi connectivity index (χ1) is 9.50. The van der Waals surface area contributed by atoms with E-state index in [4.69, 9.17) is 4.74 Å². The molecule has 8 nitrogen and oxygen atoms in total. The second-order valence-corrected chi connectivity index (χ2v) is 4.69. The Morgan fingerprint density at radius 2 is 1.80 bits per heavy atom. The van der Waals surface area contributed by atoms with Crippen LogP contribution >= 0.6 is 0 Å². The van der Waals surface area contributed by atoms with Gasteiger partial charge in [-0.2, -0.15) is 0 Å². The topological polar surface area (TPSA) is 117 Å². The van der Waals surface area contributed by atoms with Gasteiger partial charge in [-0.05, 0) is 19.8 Å². The SMILES string of the molecule is CCNC(=O)CNC(=O)NCC1(C(=O)O)CCOCC1. The zero-order valence-corrected chi connectivity index (χ0v) is 11.5. The second kappa shape index (κ2) is 7.68. The Kier molecular flexibility index (Phi) is 6.23. The van der Waals surface area contributed by atoms with Crippen LogP contribution in [-0.4, -0.2) is 55.9 Å². The molecule has 1 fully saturated rings. The Bertz CT molecular complexity index is 366. The summed E-state index contributed by atoms with van der Waals surface area (Å²) in [5.41, 5.74) is -0.985. The summed E-state index contributed by atoms with van der Waals surface area (Å²) < 4.78 is 5.14. The first kappa shape index (κ1) is 16.2. The third-order valence-electron chi connectivity index (χ3n) is 3.27. The number of hydrogen-bond acceptors (Lipinski definition) is 4. The summed E-state index contributed by atoms with van der Waals surface area (Å²) in [5.74, 6) is -1.23. The zero-order chi connectivity index (χ0) is 15.0. The van der Waals surface area contributed by atoms with Gasteiger partial charge >= 0.3 is 12.0 Å². The molecule has 0 aromatic carbocycles. The Balaban J connectivity index is 2.38. The van der Waals surface area contributed by atoms with Crippen molar-refractivity contribution in [3.8, 4) is 0 Å². The summed E-state index contributed by atoms with van der Waals surface area (Å²) in [6.45, 7) is 2.89. The van der Waals surface area contributed by atoms with Gasteiger partial charge in [0, 0.05) is 26.3 Å². The minimum Gasteiger partial charge on any atom is -0.481 e. The maximum absolute atomic E-state index is 11.5. The lowest BCUT2D eigenvalue weighted by Gasteiger charge is -2.33. The van der Waals surface area contributed by atoms with Crippen molar-refractivity contribution in [1.82, 2.24) is 16.0 Å². The van der Waals surface area contributed by atoms with Gasteiger partial charge < -0.3 is 25.8 Å². The number of nitrogens with one attached hydrogen (secondary N) is 3. The molecule has 20 heavy (non-hydrogen) atoms. The van der Waals surface area contributed by atoms with E-state index in [-0.39, 0.29) is 19.0 Å². The molecular formula is C12H21N3O5. The quantitative estimate of drug-likeness (QED) is 0.515. The van der Waals surface area contributed by atoms with Crippen LogP contribution in [-0.2, 0) is 14.3 Å². The predicted octanol–water partition coefficient (Wildman–Crippen LogP) is -0.697. The molecule has 0 radical (unpaired) electrons. The number of hydrogen-bond donors (Lipinski definition) is 4. The molecule has 1 rings (SSSR count). The van der Waals surface area contributed by atoms with Gasteiger partial charge in [0.15, 0.2) is 0 Å². The summed E-state index contributed by atoms with van der Waals surface area (Å²) in [5, 5.41) is 16.7. The molecule has 1 heterocycles. The monoisotopic (exact) mass is 287 g/mol. The number of carboxylic acids is 1. The van der Waals surface area contributed by atoms with Gasteiger partial charge in [0.05, 0.1) is 12.0 Å². The molecule has 0 aromatic rings. The van der Waals surface area contributed by atoms with Gasteiger partial charge in [-0.1, -0.05) is 0 Å². The van der Waals surface area contributed by atoms with E-state index in [1.54, 1.807) is 6.92 Å². The summed E-state index contributed by atoms with van der Waals surface area (Å²) >= 11 is 0. The van der Waals surface area contributed by atoms with E-state index in [1.165, 1.54) is 0 Å². The normalized spacial score (nSPS) is 17.1. The van der Waals surface area contributed by atoms with Gasteiger partial charge in [0.25, 0.3) is 0 Å². The third-order valence-corrected chi connectivity index (χ3v) is 3.27. The highest BCUT2D eigenvalue weighted by Gasteiger charge is 2.40. The van der Waals surface area contributed by atoms with Crippen molar-refractivity contribution < 1.29 is 24.2 Å². The fraction of sp³-hybridized carbons (Fsp3) is 0.750. The number of carboxylic acid groups (broad SMARTS) is 1. The van der Waals surface area contributed by atoms with Crippen molar-refractivity contribution in [2.45, 2.75) is 19.8 Å². The Morgan fingerprint density at radius 1 is 1.15 bits per heavy atom. The van der Waals surface area contributed by atoms with Crippen LogP contribution in [0.5, 0.6) is 0 Å². The average molecular weight is 287 g/mol. The lowest BCUT2D eigenvalue weighted by molar-refractivity contribution is -0.154. The molecule has 0 spiro atoms. The van der Waals surface area contributed by atoms with Gasteiger partial charge in [-0.25, -0.2) is 4.79 Å². The van der Waals surface area contributed by atoms with Crippen molar-refractivity contribution in [3.63, 3.8) is 0 Å². The summed E-state index contributed by atoms with van der Waals surface area (Å²) in [6.07, 6.45) is 0.720. The fourth-order valence-electron chi connectivity index (χ4n) is 1.96. The predicted molar refractivity (Wildman–Crippen MR) is 70.2 cm³/mol. The van der Waals surface area contributed by atoms with E-state index in [2.05, 4.69) is 16.0 Å². The van der Waals surface area contributed by atoms with Crippen LogP contribution < -0.4 is 16.0 Å². The molecule has 1 aliphatic rings.